The van der Waals surface area contributed by atoms with Crippen molar-refractivity contribution < 1.29 is 23.5 Å². The van der Waals surface area contributed by atoms with Crippen LogP contribution < -0.4 is 10.1 Å². The van der Waals surface area contributed by atoms with Crippen LogP contribution in [0.5, 0.6) is 5.75 Å². The molecular formula is C20H19NO5. The first-order valence-corrected chi connectivity index (χ1v) is 8.13. The number of amides is 1. The van der Waals surface area contributed by atoms with Crippen molar-refractivity contribution in [1.29, 1.82) is 0 Å². The number of benzene rings is 2. The van der Waals surface area contributed by atoms with Gasteiger partial charge in [-0.3, -0.25) is 9.59 Å². The molecule has 0 aliphatic heterocycles. The van der Waals surface area contributed by atoms with Gasteiger partial charge in [0.15, 0.2) is 0 Å². The lowest BCUT2D eigenvalue weighted by molar-refractivity contribution is -0.143. The topological polar surface area (TPSA) is 77.8 Å². The molecular weight excluding hydrogens is 334 g/mol. The van der Waals surface area contributed by atoms with Crippen LogP contribution in [0.2, 0.25) is 0 Å². The maximum absolute atomic E-state index is 12.5. The third-order valence-corrected chi connectivity index (χ3v) is 3.93. The Balaban J connectivity index is 1.64. The SMILES string of the molecule is COc1ccc2oc(C)c(C(=O)NCC(=O)OCc3ccccc3)c2c1. The van der Waals surface area contributed by atoms with Gasteiger partial charge in [-0.15, -0.1) is 0 Å². The molecule has 1 heterocycles. The molecule has 2 aromatic carbocycles. The first kappa shape index (κ1) is 17.5. The number of aryl methyl sites for hydroxylation is 1. The predicted molar refractivity (Wildman–Crippen MR) is 96.1 cm³/mol. The van der Waals surface area contributed by atoms with Crippen molar-refractivity contribution in [2.75, 3.05) is 13.7 Å². The molecule has 1 amide bonds. The van der Waals surface area contributed by atoms with Crippen molar-refractivity contribution >= 4 is 22.8 Å². The Labute approximate surface area is 150 Å². The van der Waals surface area contributed by atoms with E-state index >= 15 is 0 Å². The van der Waals surface area contributed by atoms with E-state index in [1.807, 2.05) is 30.3 Å². The van der Waals surface area contributed by atoms with Crippen LogP contribution in [0, 0.1) is 6.92 Å². The highest BCUT2D eigenvalue weighted by Gasteiger charge is 2.19. The van der Waals surface area contributed by atoms with Crippen molar-refractivity contribution in [2.24, 2.45) is 0 Å². The van der Waals surface area contributed by atoms with E-state index < -0.39 is 11.9 Å². The maximum Gasteiger partial charge on any atom is 0.325 e. The Morgan fingerprint density at radius 1 is 1.12 bits per heavy atom. The molecule has 134 valence electrons. The molecule has 0 aliphatic rings. The normalized spacial score (nSPS) is 10.5. The summed E-state index contributed by atoms with van der Waals surface area (Å²) < 4.78 is 15.9. The molecule has 0 aliphatic carbocycles. The molecule has 0 unspecified atom stereocenters. The summed E-state index contributed by atoms with van der Waals surface area (Å²) in [5.41, 5.74) is 1.85. The van der Waals surface area contributed by atoms with Gasteiger partial charge in [-0.25, -0.2) is 0 Å². The molecule has 0 fully saturated rings. The molecule has 0 bridgehead atoms. The van der Waals surface area contributed by atoms with Crippen LogP contribution in [0.15, 0.2) is 52.9 Å². The van der Waals surface area contributed by atoms with E-state index in [0.29, 0.717) is 28.0 Å². The van der Waals surface area contributed by atoms with Crippen LogP contribution in [-0.4, -0.2) is 25.5 Å². The molecule has 3 aromatic rings. The number of furan rings is 1. The number of fused-ring (bicyclic) bond motifs is 1. The second-order valence-electron chi connectivity index (χ2n) is 5.72. The summed E-state index contributed by atoms with van der Waals surface area (Å²) in [5, 5.41) is 3.21. The van der Waals surface area contributed by atoms with E-state index in [1.165, 1.54) is 0 Å². The Morgan fingerprint density at radius 3 is 2.62 bits per heavy atom. The van der Waals surface area contributed by atoms with Crippen molar-refractivity contribution in [2.45, 2.75) is 13.5 Å². The van der Waals surface area contributed by atoms with Gasteiger partial charge in [-0.2, -0.15) is 0 Å². The van der Waals surface area contributed by atoms with Crippen molar-refractivity contribution in [3.8, 4) is 5.75 Å². The summed E-state index contributed by atoms with van der Waals surface area (Å²) in [5.74, 6) is 0.189. The van der Waals surface area contributed by atoms with Gasteiger partial charge in [-0.05, 0) is 30.7 Å². The van der Waals surface area contributed by atoms with Gasteiger partial charge in [-0.1, -0.05) is 30.3 Å². The minimum Gasteiger partial charge on any atom is -0.497 e. The summed E-state index contributed by atoms with van der Waals surface area (Å²) in [4.78, 5) is 24.4. The number of esters is 1. The molecule has 0 saturated carbocycles. The monoisotopic (exact) mass is 353 g/mol. The zero-order chi connectivity index (χ0) is 18.5. The van der Waals surface area contributed by atoms with E-state index in [0.717, 1.165) is 5.56 Å². The number of carbonyl (C=O) groups excluding carboxylic acids is 2. The summed E-state index contributed by atoms with van der Waals surface area (Å²) in [7, 11) is 1.55. The van der Waals surface area contributed by atoms with Crippen molar-refractivity contribution in [3.05, 3.63) is 65.4 Å². The molecule has 3 rings (SSSR count). The highest BCUT2D eigenvalue weighted by Crippen LogP contribution is 2.28. The van der Waals surface area contributed by atoms with Gasteiger partial charge in [0, 0.05) is 5.39 Å². The van der Waals surface area contributed by atoms with E-state index in [4.69, 9.17) is 13.9 Å². The Kier molecular flexibility index (Phi) is 5.22. The van der Waals surface area contributed by atoms with Crippen LogP contribution in [0.3, 0.4) is 0 Å². The third-order valence-electron chi connectivity index (χ3n) is 3.93. The first-order valence-electron chi connectivity index (χ1n) is 8.13. The zero-order valence-electron chi connectivity index (χ0n) is 14.6. The highest BCUT2D eigenvalue weighted by molar-refractivity contribution is 6.08. The minimum atomic E-state index is -0.509. The lowest BCUT2D eigenvalue weighted by Crippen LogP contribution is -2.30. The number of ether oxygens (including phenoxy) is 2. The van der Waals surface area contributed by atoms with Gasteiger partial charge >= 0.3 is 5.97 Å². The van der Waals surface area contributed by atoms with E-state index in [2.05, 4.69) is 5.32 Å². The molecule has 26 heavy (non-hydrogen) atoms. The van der Waals surface area contributed by atoms with Gasteiger partial charge in [0.25, 0.3) is 5.91 Å². The Bertz CT molecular complexity index is 930. The largest absolute Gasteiger partial charge is 0.497 e. The molecule has 0 atom stereocenters. The number of hydrogen-bond acceptors (Lipinski definition) is 5. The smallest absolute Gasteiger partial charge is 0.325 e. The lowest BCUT2D eigenvalue weighted by Gasteiger charge is -2.07. The molecule has 1 aromatic heterocycles. The van der Waals surface area contributed by atoms with Gasteiger partial charge in [0.2, 0.25) is 0 Å². The quantitative estimate of drug-likeness (QED) is 0.689. The van der Waals surface area contributed by atoms with Crippen molar-refractivity contribution in [3.63, 3.8) is 0 Å². The first-order chi connectivity index (χ1) is 12.6. The summed E-state index contributed by atoms with van der Waals surface area (Å²) in [6, 6.07) is 14.6. The van der Waals surface area contributed by atoms with Gasteiger partial charge in [0.1, 0.15) is 30.2 Å². The summed E-state index contributed by atoms with van der Waals surface area (Å²) >= 11 is 0. The number of nitrogens with one attached hydrogen (secondary N) is 1. The van der Waals surface area contributed by atoms with Gasteiger partial charge < -0.3 is 19.2 Å². The fraction of sp³-hybridized carbons (Fsp3) is 0.200. The molecule has 6 nitrogen and oxygen atoms in total. The molecule has 1 N–H and O–H groups in total. The third kappa shape index (κ3) is 3.85. The average Bonchev–Trinajstić information content (AvgIpc) is 3.00. The van der Waals surface area contributed by atoms with Crippen molar-refractivity contribution in [1.82, 2.24) is 5.32 Å². The summed E-state index contributed by atoms with van der Waals surface area (Å²) in [6.07, 6.45) is 0. The van der Waals surface area contributed by atoms with E-state index in [9.17, 15) is 9.59 Å². The highest BCUT2D eigenvalue weighted by atomic mass is 16.5. The van der Waals surface area contributed by atoms with Gasteiger partial charge in [0.05, 0.1) is 12.7 Å². The number of methoxy groups -OCH3 is 1. The molecule has 0 spiro atoms. The molecule has 6 heteroatoms. The fourth-order valence-corrected chi connectivity index (χ4v) is 2.64. The second-order valence-corrected chi connectivity index (χ2v) is 5.72. The zero-order valence-corrected chi connectivity index (χ0v) is 14.6. The number of rotatable bonds is 6. The van der Waals surface area contributed by atoms with Crippen LogP contribution in [-0.2, 0) is 16.1 Å². The number of carbonyl (C=O) groups is 2. The summed E-state index contributed by atoms with van der Waals surface area (Å²) in [6.45, 7) is 1.65. The minimum absolute atomic E-state index is 0.167. The Hall–Kier alpha value is -3.28. The van der Waals surface area contributed by atoms with E-state index in [1.54, 1.807) is 32.2 Å². The second kappa shape index (κ2) is 7.74. The average molecular weight is 353 g/mol. The molecule has 0 radical (unpaired) electrons. The lowest BCUT2D eigenvalue weighted by atomic mass is 10.1. The number of hydrogen-bond donors (Lipinski definition) is 1. The van der Waals surface area contributed by atoms with Crippen LogP contribution in [0.4, 0.5) is 0 Å². The predicted octanol–water partition coefficient (Wildman–Crippen LogP) is 3.22. The Morgan fingerprint density at radius 2 is 1.88 bits per heavy atom. The van der Waals surface area contributed by atoms with Crippen LogP contribution in [0.1, 0.15) is 21.7 Å². The maximum atomic E-state index is 12.5. The van der Waals surface area contributed by atoms with Crippen LogP contribution in [0.25, 0.3) is 11.0 Å². The molecule has 0 saturated heterocycles. The van der Waals surface area contributed by atoms with E-state index in [-0.39, 0.29) is 13.2 Å². The fourth-order valence-electron chi connectivity index (χ4n) is 2.64. The van der Waals surface area contributed by atoms with Crippen LogP contribution >= 0.6 is 0 Å². The standard InChI is InChI=1S/C20H19NO5/c1-13-19(16-10-15(24-2)8-9-17(16)26-13)20(23)21-11-18(22)25-12-14-6-4-3-5-7-14/h3-10H,11-12H2,1-2H3,(H,21,23).